The van der Waals surface area contributed by atoms with Crippen molar-refractivity contribution in [3.8, 4) is 6.07 Å². The number of ether oxygens (including phenoxy) is 1. The van der Waals surface area contributed by atoms with E-state index >= 15 is 0 Å². The van der Waals surface area contributed by atoms with Crippen LogP contribution in [0.4, 0.5) is 5.82 Å². The van der Waals surface area contributed by atoms with E-state index in [-0.39, 0.29) is 0 Å². The van der Waals surface area contributed by atoms with Crippen LogP contribution in [0.15, 0.2) is 24.3 Å². The van der Waals surface area contributed by atoms with Crippen molar-refractivity contribution in [3.05, 3.63) is 35.5 Å². The van der Waals surface area contributed by atoms with E-state index < -0.39 is 0 Å². The van der Waals surface area contributed by atoms with Crippen molar-refractivity contribution in [1.29, 1.82) is 5.26 Å². The van der Waals surface area contributed by atoms with Gasteiger partial charge in [0.15, 0.2) is 0 Å². The average molecular weight is 285 g/mol. The Hall–Kier alpha value is -1.86. The molecule has 1 unspecified atom stereocenters. The molecule has 112 valence electrons. The molecule has 0 aromatic carbocycles. The zero-order valence-electron chi connectivity index (χ0n) is 12.9. The summed E-state index contributed by atoms with van der Waals surface area (Å²) in [7, 11) is 1.71. The van der Waals surface area contributed by atoms with Crippen LogP contribution in [0.2, 0.25) is 0 Å². The van der Waals surface area contributed by atoms with Gasteiger partial charge in [-0.3, -0.25) is 0 Å². The summed E-state index contributed by atoms with van der Waals surface area (Å²) in [6.07, 6.45) is 8.03. The maximum Gasteiger partial charge on any atom is 0.145 e. The van der Waals surface area contributed by atoms with E-state index in [2.05, 4.69) is 28.1 Å². The third-order valence-electron chi connectivity index (χ3n) is 3.93. The number of pyridine rings is 1. The molecule has 0 aliphatic heterocycles. The van der Waals surface area contributed by atoms with E-state index in [1.165, 1.54) is 6.42 Å². The van der Waals surface area contributed by atoms with Crippen LogP contribution in [0.1, 0.15) is 30.5 Å². The second-order valence-electron chi connectivity index (χ2n) is 5.54. The van der Waals surface area contributed by atoms with Gasteiger partial charge in [0, 0.05) is 20.2 Å². The molecule has 2 rings (SSSR count). The number of anilines is 1. The van der Waals surface area contributed by atoms with Gasteiger partial charge in [0.05, 0.1) is 6.61 Å². The SMILES string of the molecule is COCCN(CC1CC=CCC1)c1ccc(C)c(C#N)n1. The normalized spacial score (nSPS) is 17.5. The molecule has 1 heterocycles. The lowest BCUT2D eigenvalue weighted by molar-refractivity contribution is 0.203. The highest BCUT2D eigenvalue weighted by Gasteiger charge is 2.17. The number of nitriles is 1. The van der Waals surface area contributed by atoms with Crippen LogP contribution in [-0.2, 0) is 4.74 Å². The maximum absolute atomic E-state index is 9.16. The number of rotatable bonds is 6. The fraction of sp³-hybridized carbons (Fsp3) is 0.529. The lowest BCUT2D eigenvalue weighted by Gasteiger charge is -2.29. The molecule has 0 bridgehead atoms. The second kappa shape index (κ2) is 7.80. The zero-order chi connectivity index (χ0) is 15.1. The van der Waals surface area contributed by atoms with Gasteiger partial charge in [-0.2, -0.15) is 5.26 Å². The maximum atomic E-state index is 9.16. The first-order chi connectivity index (χ1) is 10.2. The number of aryl methyl sites for hydroxylation is 1. The quantitative estimate of drug-likeness (QED) is 0.754. The number of hydrogen-bond acceptors (Lipinski definition) is 4. The predicted octanol–water partition coefficient (Wildman–Crippen LogP) is 3.07. The highest BCUT2D eigenvalue weighted by Crippen LogP contribution is 2.22. The average Bonchev–Trinajstić information content (AvgIpc) is 2.53. The summed E-state index contributed by atoms with van der Waals surface area (Å²) in [6, 6.07) is 6.15. The number of aromatic nitrogens is 1. The molecule has 0 radical (unpaired) electrons. The van der Waals surface area contributed by atoms with E-state index in [0.29, 0.717) is 18.2 Å². The van der Waals surface area contributed by atoms with Crippen LogP contribution in [0.3, 0.4) is 0 Å². The minimum atomic E-state index is 0.512. The minimum Gasteiger partial charge on any atom is -0.383 e. The van der Waals surface area contributed by atoms with Crippen molar-refractivity contribution in [2.45, 2.75) is 26.2 Å². The highest BCUT2D eigenvalue weighted by molar-refractivity contribution is 5.45. The minimum absolute atomic E-state index is 0.512. The van der Waals surface area contributed by atoms with E-state index in [1.807, 2.05) is 19.1 Å². The third-order valence-corrected chi connectivity index (χ3v) is 3.93. The lowest BCUT2D eigenvalue weighted by Crippen LogP contribution is -2.33. The summed E-state index contributed by atoms with van der Waals surface area (Å²) >= 11 is 0. The van der Waals surface area contributed by atoms with E-state index in [1.54, 1.807) is 7.11 Å². The van der Waals surface area contributed by atoms with Gasteiger partial charge in [0.2, 0.25) is 0 Å². The predicted molar refractivity (Wildman–Crippen MR) is 84.3 cm³/mol. The number of hydrogen-bond donors (Lipinski definition) is 0. The Labute approximate surface area is 127 Å². The molecule has 21 heavy (non-hydrogen) atoms. The van der Waals surface area contributed by atoms with Gasteiger partial charge < -0.3 is 9.64 Å². The van der Waals surface area contributed by atoms with Crippen LogP contribution in [0.25, 0.3) is 0 Å². The Morgan fingerprint density at radius 2 is 2.29 bits per heavy atom. The van der Waals surface area contributed by atoms with Gasteiger partial charge in [-0.05, 0) is 43.7 Å². The molecule has 0 amide bonds. The van der Waals surface area contributed by atoms with Gasteiger partial charge in [0.25, 0.3) is 0 Å². The Morgan fingerprint density at radius 3 is 2.95 bits per heavy atom. The van der Waals surface area contributed by atoms with E-state index in [4.69, 9.17) is 10.00 Å². The van der Waals surface area contributed by atoms with Crippen molar-refractivity contribution >= 4 is 5.82 Å². The van der Waals surface area contributed by atoms with Crippen LogP contribution >= 0.6 is 0 Å². The topological polar surface area (TPSA) is 49.1 Å². The fourth-order valence-electron chi connectivity index (χ4n) is 2.64. The first-order valence-corrected chi connectivity index (χ1v) is 7.51. The molecule has 0 spiro atoms. The first kappa shape index (κ1) is 15.5. The second-order valence-corrected chi connectivity index (χ2v) is 5.54. The van der Waals surface area contributed by atoms with Crippen molar-refractivity contribution in [2.75, 3.05) is 31.7 Å². The van der Waals surface area contributed by atoms with Gasteiger partial charge in [-0.1, -0.05) is 18.2 Å². The molecule has 1 aromatic rings. The lowest BCUT2D eigenvalue weighted by atomic mass is 9.94. The Balaban J connectivity index is 2.14. The molecule has 1 aliphatic carbocycles. The van der Waals surface area contributed by atoms with Crippen LogP contribution < -0.4 is 4.90 Å². The number of allylic oxidation sites excluding steroid dienone is 2. The monoisotopic (exact) mass is 285 g/mol. The molecule has 1 atom stereocenters. The van der Waals surface area contributed by atoms with Crippen LogP contribution in [0.5, 0.6) is 0 Å². The first-order valence-electron chi connectivity index (χ1n) is 7.51. The Kier molecular flexibility index (Phi) is 5.77. The molecule has 4 heteroatoms. The summed E-state index contributed by atoms with van der Waals surface area (Å²) in [6.45, 7) is 4.35. The molecule has 0 N–H and O–H groups in total. The molecule has 0 saturated heterocycles. The molecule has 4 nitrogen and oxygen atoms in total. The van der Waals surface area contributed by atoms with Crippen molar-refractivity contribution in [2.24, 2.45) is 5.92 Å². The summed E-state index contributed by atoms with van der Waals surface area (Å²) in [4.78, 5) is 6.74. The fourth-order valence-corrected chi connectivity index (χ4v) is 2.64. The molecule has 0 fully saturated rings. The molecular weight excluding hydrogens is 262 g/mol. The van der Waals surface area contributed by atoms with Gasteiger partial charge in [-0.25, -0.2) is 4.98 Å². The third kappa shape index (κ3) is 4.30. The summed E-state index contributed by atoms with van der Waals surface area (Å²) < 4.78 is 5.21. The number of methoxy groups -OCH3 is 1. The van der Waals surface area contributed by atoms with Crippen molar-refractivity contribution in [1.82, 2.24) is 4.98 Å². The Morgan fingerprint density at radius 1 is 1.43 bits per heavy atom. The highest BCUT2D eigenvalue weighted by atomic mass is 16.5. The van der Waals surface area contributed by atoms with E-state index in [0.717, 1.165) is 37.3 Å². The van der Waals surface area contributed by atoms with Crippen molar-refractivity contribution in [3.63, 3.8) is 0 Å². The summed E-state index contributed by atoms with van der Waals surface area (Å²) in [5.74, 6) is 1.53. The van der Waals surface area contributed by atoms with Crippen molar-refractivity contribution < 1.29 is 4.74 Å². The van der Waals surface area contributed by atoms with Gasteiger partial charge >= 0.3 is 0 Å². The number of nitrogens with zero attached hydrogens (tertiary/aromatic N) is 3. The largest absolute Gasteiger partial charge is 0.383 e. The van der Waals surface area contributed by atoms with Crippen LogP contribution in [-0.4, -0.2) is 31.8 Å². The molecule has 1 aliphatic rings. The smallest absolute Gasteiger partial charge is 0.145 e. The standard InChI is InChI=1S/C17H23N3O/c1-14-8-9-17(19-16(14)12-18)20(10-11-21-2)13-15-6-4-3-5-7-15/h3-4,8-9,15H,5-7,10-11,13H2,1-2H3. The molecular formula is C17H23N3O. The Bertz CT molecular complexity index is 533. The van der Waals surface area contributed by atoms with Gasteiger partial charge in [-0.15, -0.1) is 0 Å². The molecule has 1 aromatic heterocycles. The summed E-state index contributed by atoms with van der Waals surface area (Å²) in [5.41, 5.74) is 1.44. The van der Waals surface area contributed by atoms with E-state index in [9.17, 15) is 0 Å². The van der Waals surface area contributed by atoms with Gasteiger partial charge in [0.1, 0.15) is 17.6 Å². The molecule has 0 saturated carbocycles. The summed E-state index contributed by atoms with van der Waals surface area (Å²) in [5, 5.41) is 9.16. The zero-order valence-corrected chi connectivity index (χ0v) is 12.9. The van der Waals surface area contributed by atoms with Crippen LogP contribution in [0, 0.1) is 24.2 Å².